The molecule has 0 radical (unpaired) electrons. The number of ether oxygens (including phenoxy) is 2. The van der Waals surface area contributed by atoms with Gasteiger partial charge in [-0.3, -0.25) is 0 Å². The lowest BCUT2D eigenvalue weighted by atomic mass is 10.3. The maximum Gasteiger partial charge on any atom is 0.213 e. The van der Waals surface area contributed by atoms with Gasteiger partial charge in [0, 0.05) is 38.6 Å². The SMILES string of the molecule is CCNC(=NCc1ccc(OCC2CC2)nc1)NCCCOCC1CC1. The van der Waals surface area contributed by atoms with Crippen LogP contribution in [0.1, 0.15) is 44.6 Å². The third-order valence-electron chi connectivity index (χ3n) is 4.53. The van der Waals surface area contributed by atoms with Gasteiger partial charge >= 0.3 is 0 Å². The van der Waals surface area contributed by atoms with Crippen LogP contribution in [0.5, 0.6) is 5.88 Å². The summed E-state index contributed by atoms with van der Waals surface area (Å²) < 4.78 is 11.3. The smallest absolute Gasteiger partial charge is 0.213 e. The zero-order chi connectivity index (χ0) is 18.0. The van der Waals surface area contributed by atoms with Gasteiger partial charge in [-0.1, -0.05) is 6.07 Å². The molecule has 0 atom stereocenters. The van der Waals surface area contributed by atoms with Crippen molar-refractivity contribution >= 4 is 5.96 Å². The van der Waals surface area contributed by atoms with Gasteiger partial charge in [0.1, 0.15) is 0 Å². The number of aromatic nitrogens is 1. The first-order valence-corrected chi connectivity index (χ1v) is 10.0. The van der Waals surface area contributed by atoms with Gasteiger partial charge < -0.3 is 20.1 Å². The number of pyridine rings is 1. The number of hydrogen-bond donors (Lipinski definition) is 2. The van der Waals surface area contributed by atoms with Crippen molar-refractivity contribution < 1.29 is 9.47 Å². The van der Waals surface area contributed by atoms with Gasteiger partial charge in [-0.25, -0.2) is 9.98 Å². The van der Waals surface area contributed by atoms with E-state index in [2.05, 4.69) is 27.5 Å². The van der Waals surface area contributed by atoms with Crippen molar-refractivity contribution in [1.82, 2.24) is 15.6 Å². The van der Waals surface area contributed by atoms with Crippen molar-refractivity contribution in [3.8, 4) is 5.88 Å². The van der Waals surface area contributed by atoms with Gasteiger partial charge in [0.15, 0.2) is 5.96 Å². The Morgan fingerprint density at radius 2 is 1.96 bits per heavy atom. The van der Waals surface area contributed by atoms with Crippen LogP contribution in [0.3, 0.4) is 0 Å². The highest BCUT2D eigenvalue weighted by Crippen LogP contribution is 2.29. The lowest BCUT2D eigenvalue weighted by Crippen LogP contribution is -2.38. The summed E-state index contributed by atoms with van der Waals surface area (Å²) in [6.45, 7) is 6.92. The summed E-state index contributed by atoms with van der Waals surface area (Å²) in [5, 5.41) is 6.64. The third kappa shape index (κ3) is 7.60. The van der Waals surface area contributed by atoms with Crippen LogP contribution in [0.25, 0.3) is 0 Å². The van der Waals surface area contributed by atoms with Crippen molar-refractivity contribution in [2.45, 2.75) is 45.6 Å². The summed E-state index contributed by atoms with van der Waals surface area (Å²) in [5.41, 5.74) is 1.08. The Labute approximate surface area is 156 Å². The van der Waals surface area contributed by atoms with Crippen LogP contribution in [0.2, 0.25) is 0 Å². The van der Waals surface area contributed by atoms with Crippen LogP contribution in [0.4, 0.5) is 0 Å². The fraction of sp³-hybridized carbons (Fsp3) is 0.700. The summed E-state index contributed by atoms with van der Waals surface area (Å²) >= 11 is 0. The third-order valence-corrected chi connectivity index (χ3v) is 4.53. The minimum Gasteiger partial charge on any atom is -0.477 e. The number of hydrogen-bond acceptors (Lipinski definition) is 4. The van der Waals surface area contributed by atoms with Crippen LogP contribution < -0.4 is 15.4 Å². The molecule has 6 heteroatoms. The quantitative estimate of drug-likeness (QED) is 0.341. The summed E-state index contributed by atoms with van der Waals surface area (Å²) in [6, 6.07) is 3.97. The normalized spacial score (nSPS) is 17.2. The minimum absolute atomic E-state index is 0.601. The number of rotatable bonds is 12. The van der Waals surface area contributed by atoms with Gasteiger partial charge in [-0.15, -0.1) is 0 Å². The Morgan fingerprint density at radius 3 is 2.65 bits per heavy atom. The standard InChI is InChI=1S/C20H32N4O2/c1-2-21-20(22-10-3-11-25-14-16-4-5-16)24-13-18-8-9-19(23-12-18)26-15-17-6-7-17/h8-9,12,16-17H,2-7,10-11,13-15H2,1H3,(H2,21,22,24). The molecule has 0 amide bonds. The molecule has 3 rings (SSSR count). The van der Waals surface area contributed by atoms with Crippen molar-refractivity contribution in [2.75, 3.05) is 32.9 Å². The van der Waals surface area contributed by atoms with E-state index < -0.39 is 0 Å². The molecule has 26 heavy (non-hydrogen) atoms. The Kier molecular flexibility index (Phi) is 7.55. The summed E-state index contributed by atoms with van der Waals surface area (Å²) in [7, 11) is 0. The molecule has 2 aliphatic rings. The summed E-state index contributed by atoms with van der Waals surface area (Å²) in [5.74, 6) is 3.12. The second-order valence-electron chi connectivity index (χ2n) is 7.25. The first-order chi connectivity index (χ1) is 12.8. The van der Waals surface area contributed by atoms with Crippen LogP contribution in [-0.4, -0.2) is 43.9 Å². The maximum atomic E-state index is 5.67. The Hall–Kier alpha value is -1.82. The highest BCUT2D eigenvalue weighted by Gasteiger charge is 2.22. The lowest BCUT2D eigenvalue weighted by Gasteiger charge is -2.11. The van der Waals surface area contributed by atoms with Crippen LogP contribution in [-0.2, 0) is 11.3 Å². The number of aliphatic imine (C=N–C) groups is 1. The Balaban J connectivity index is 1.34. The second kappa shape index (κ2) is 10.4. The fourth-order valence-electron chi connectivity index (χ4n) is 2.51. The second-order valence-corrected chi connectivity index (χ2v) is 7.25. The molecule has 2 fully saturated rings. The number of nitrogens with zero attached hydrogens (tertiary/aromatic N) is 2. The Bertz CT molecular complexity index is 553. The van der Waals surface area contributed by atoms with E-state index in [1.807, 2.05) is 18.3 Å². The molecule has 0 aromatic carbocycles. The molecule has 1 aromatic heterocycles. The largest absolute Gasteiger partial charge is 0.477 e. The molecule has 0 unspecified atom stereocenters. The minimum atomic E-state index is 0.601. The Morgan fingerprint density at radius 1 is 1.15 bits per heavy atom. The molecule has 0 aliphatic heterocycles. The van der Waals surface area contributed by atoms with E-state index in [1.165, 1.54) is 25.7 Å². The average molecular weight is 361 g/mol. The zero-order valence-electron chi connectivity index (χ0n) is 15.9. The van der Waals surface area contributed by atoms with Crippen LogP contribution >= 0.6 is 0 Å². The van der Waals surface area contributed by atoms with Gasteiger partial charge in [-0.05, 0) is 56.4 Å². The summed E-state index contributed by atoms with van der Waals surface area (Å²) in [4.78, 5) is 9.00. The number of nitrogens with one attached hydrogen (secondary N) is 2. The lowest BCUT2D eigenvalue weighted by molar-refractivity contribution is 0.123. The van der Waals surface area contributed by atoms with Gasteiger partial charge in [-0.2, -0.15) is 0 Å². The number of guanidine groups is 1. The molecule has 1 heterocycles. The first-order valence-electron chi connectivity index (χ1n) is 10.0. The van der Waals surface area contributed by atoms with Crippen molar-refractivity contribution in [3.63, 3.8) is 0 Å². The van der Waals surface area contributed by atoms with Crippen LogP contribution in [0.15, 0.2) is 23.3 Å². The molecule has 2 aliphatic carbocycles. The first kappa shape index (κ1) is 19.0. The van der Waals surface area contributed by atoms with E-state index in [1.54, 1.807) is 0 Å². The predicted octanol–water partition coefficient (Wildman–Crippen LogP) is 2.74. The van der Waals surface area contributed by atoms with Crippen molar-refractivity contribution in [3.05, 3.63) is 23.9 Å². The fourth-order valence-corrected chi connectivity index (χ4v) is 2.51. The zero-order valence-corrected chi connectivity index (χ0v) is 15.9. The average Bonchev–Trinajstić information content (AvgIpc) is 3.56. The molecule has 0 saturated heterocycles. The highest BCUT2D eigenvalue weighted by atomic mass is 16.5. The van der Waals surface area contributed by atoms with E-state index in [0.29, 0.717) is 12.4 Å². The molecular weight excluding hydrogens is 328 g/mol. The van der Waals surface area contributed by atoms with E-state index in [-0.39, 0.29) is 0 Å². The molecule has 2 saturated carbocycles. The van der Waals surface area contributed by atoms with Gasteiger partial charge in [0.05, 0.1) is 13.2 Å². The molecule has 0 bridgehead atoms. The van der Waals surface area contributed by atoms with Crippen molar-refractivity contribution in [2.24, 2.45) is 16.8 Å². The monoisotopic (exact) mass is 360 g/mol. The molecular formula is C20H32N4O2. The maximum absolute atomic E-state index is 5.67. The van der Waals surface area contributed by atoms with E-state index in [0.717, 1.165) is 62.7 Å². The molecule has 0 spiro atoms. The van der Waals surface area contributed by atoms with Gasteiger partial charge in [0.2, 0.25) is 5.88 Å². The van der Waals surface area contributed by atoms with Crippen LogP contribution in [0, 0.1) is 11.8 Å². The predicted molar refractivity (Wildman–Crippen MR) is 103 cm³/mol. The van der Waals surface area contributed by atoms with Crippen molar-refractivity contribution in [1.29, 1.82) is 0 Å². The molecule has 6 nitrogen and oxygen atoms in total. The van der Waals surface area contributed by atoms with E-state index in [4.69, 9.17) is 9.47 Å². The van der Waals surface area contributed by atoms with Gasteiger partial charge in [0.25, 0.3) is 0 Å². The topological polar surface area (TPSA) is 67.8 Å². The molecule has 144 valence electrons. The van der Waals surface area contributed by atoms with E-state index >= 15 is 0 Å². The molecule has 2 N–H and O–H groups in total. The highest BCUT2D eigenvalue weighted by molar-refractivity contribution is 5.79. The van der Waals surface area contributed by atoms with E-state index in [9.17, 15) is 0 Å². The summed E-state index contributed by atoms with van der Waals surface area (Å²) in [6.07, 6.45) is 8.11. The molecule has 1 aromatic rings.